The standard InChI is InChI=1S/C14H23N5O/c1-18(2)10-3-5-19(6-4-10)14(20)12-7-11-13(8-15-12)17-9-16-11/h9-10,12,15H,3-8H2,1-2H3,(H,16,17). The van der Waals surface area contributed by atoms with Gasteiger partial charge in [0.15, 0.2) is 0 Å². The highest BCUT2D eigenvalue weighted by Gasteiger charge is 2.31. The van der Waals surface area contributed by atoms with Crippen LogP contribution in [0.1, 0.15) is 24.2 Å². The van der Waals surface area contributed by atoms with Crippen LogP contribution in [0.25, 0.3) is 0 Å². The van der Waals surface area contributed by atoms with Gasteiger partial charge in [-0.3, -0.25) is 10.1 Å². The Morgan fingerprint density at radius 1 is 1.40 bits per heavy atom. The van der Waals surface area contributed by atoms with Gasteiger partial charge in [-0.15, -0.1) is 0 Å². The molecule has 1 aromatic heterocycles. The number of aromatic nitrogens is 2. The second-order valence-electron chi connectivity index (χ2n) is 5.99. The minimum atomic E-state index is -0.110. The van der Waals surface area contributed by atoms with Crippen LogP contribution < -0.4 is 5.32 Å². The first-order valence-corrected chi connectivity index (χ1v) is 7.35. The van der Waals surface area contributed by atoms with E-state index >= 15 is 0 Å². The van der Waals surface area contributed by atoms with Gasteiger partial charge < -0.3 is 14.8 Å². The van der Waals surface area contributed by atoms with Gasteiger partial charge in [0.2, 0.25) is 5.91 Å². The van der Waals surface area contributed by atoms with Crippen LogP contribution in [-0.4, -0.2) is 64.9 Å². The molecule has 1 unspecified atom stereocenters. The number of nitrogens with zero attached hydrogens (tertiary/aromatic N) is 3. The summed E-state index contributed by atoms with van der Waals surface area (Å²) in [6, 6.07) is 0.498. The van der Waals surface area contributed by atoms with Crippen molar-refractivity contribution >= 4 is 5.91 Å². The number of aromatic amines is 1. The van der Waals surface area contributed by atoms with Crippen LogP contribution in [0.5, 0.6) is 0 Å². The van der Waals surface area contributed by atoms with Crippen LogP contribution in [-0.2, 0) is 17.8 Å². The number of imidazole rings is 1. The number of likely N-dealkylation sites (tertiary alicyclic amines) is 1. The molecule has 2 N–H and O–H groups in total. The fourth-order valence-corrected chi connectivity index (χ4v) is 3.17. The molecule has 1 atom stereocenters. The molecule has 1 amide bonds. The van der Waals surface area contributed by atoms with E-state index in [0.29, 0.717) is 19.0 Å². The molecule has 1 aromatic rings. The van der Waals surface area contributed by atoms with Crippen molar-refractivity contribution < 1.29 is 4.79 Å². The fourth-order valence-electron chi connectivity index (χ4n) is 3.17. The summed E-state index contributed by atoms with van der Waals surface area (Å²) < 4.78 is 0. The molecule has 1 saturated heterocycles. The summed E-state index contributed by atoms with van der Waals surface area (Å²) in [5.74, 6) is 0.232. The van der Waals surface area contributed by atoms with Gasteiger partial charge in [0.1, 0.15) is 0 Å². The summed E-state index contributed by atoms with van der Waals surface area (Å²) in [7, 11) is 4.23. The number of rotatable bonds is 2. The van der Waals surface area contributed by atoms with Gasteiger partial charge in [0.05, 0.1) is 23.8 Å². The lowest BCUT2D eigenvalue weighted by Gasteiger charge is -2.37. The zero-order chi connectivity index (χ0) is 14.1. The van der Waals surface area contributed by atoms with E-state index < -0.39 is 0 Å². The summed E-state index contributed by atoms with van der Waals surface area (Å²) >= 11 is 0. The highest BCUT2D eigenvalue weighted by Crippen LogP contribution is 2.18. The van der Waals surface area contributed by atoms with E-state index in [2.05, 4.69) is 34.3 Å². The molecule has 6 heteroatoms. The van der Waals surface area contributed by atoms with E-state index in [9.17, 15) is 4.79 Å². The van der Waals surface area contributed by atoms with Gasteiger partial charge in [-0.1, -0.05) is 0 Å². The molecule has 2 aliphatic rings. The summed E-state index contributed by atoms with van der Waals surface area (Å²) in [6.45, 7) is 2.44. The number of hydrogen-bond acceptors (Lipinski definition) is 4. The lowest BCUT2D eigenvalue weighted by Crippen LogP contribution is -2.53. The summed E-state index contributed by atoms with van der Waals surface area (Å²) in [4.78, 5) is 24.3. The van der Waals surface area contributed by atoms with Crippen molar-refractivity contribution in [2.24, 2.45) is 0 Å². The first kappa shape index (κ1) is 13.6. The number of hydrogen-bond donors (Lipinski definition) is 2. The third-order valence-electron chi connectivity index (χ3n) is 4.53. The maximum absolute atomic E-state index is 12.6. The molecule has 3 rings (SSSR count). The molecule has 3 heterocycles. The molecule has 1 fully saturated rings. The third kappa shape index (κ3) is 2.58. The van der Waals surface area contributed by atoms with E-state index in [-0.39, 0.29) is 11.9 Å². The average Bonchev–Trinajstić information content (AvgIpc) is 2.94. The smallest absolute Gasteiger partial charge is 0.240 e. The Hall–Kier alpha value is -1.40. The Balaban J connectivity index is 1.58. The average molecular weight is 277 g/mol. The van der Waals surface area contributed by atoms with Crippen molar-refractivity contribution in [2.45, 2.75) is 37.9 Å². The molecule has 0 aliphatic carbocycles. The molecule has 0 aromatic carbocycles. The third-order valence-corrected chi connectivity index (χ3v) is 4.53. The Bertz CT molecular complexity index is 476. The van der Waals surface area contributed by atoms with E-state index in [1.165, 1.54) is 0 Å². The van der Waals surface area contributed by atoms with Gasteiger partial charge in [-0.2, -0.15) is 0 Å². The van der Waals surface area contributed by atoms with Gasteiger partial charge >= 0.3 is 0 Å². The molecule has 20 heavy (non-hydrogen) atoms. The number of piperidine rings is 1. The maximum atomic E-state index is 12.6. The molecule has 110 valence electrons. The summed E-state index contributed by atoms with van der Waals surface area (Å²) in [5.41, 5.74) is 2.14. The Kier molecular flexibility index (Phi) is 3.76. The quantitative estimate of drug-likeness (QED) is 0.797. The van der Waals surface area contributed by atoms with E-state index in [4.69, 9.17) is 0 Å². The molecule has 0 radical (unpaired) electrons. The van der Waals surface area contributed by atoms with Gasteiger partial charge in [0, 0.05) is 32.1 Å². The van der Waals surface area contributed by atoms with Crippen molar-refractivity contribution in [1.29, 1.82) is 0 Å². The first-order chi connectivity index (χ1) is 9.65. The zero-order valence-corrected chi connectivity index (χ0v) is 12.2. The summed E-state index contributed by atoms with van der Waals surface area (Å²) in [5, 5.41) is 3.32. The molecular formula is C14H23N5O. The SMILES string of the molecule is CN(C)C1CCN(C(=O)C2Cc3nc[nH]c3CN2)CC1. The number of fused-ring (bicyclic) bond motifs is 1. The van der Waals surface area contributed by atoms with Crippen molar-refractivity contribution in [1.82, 2.24) is 25.1 Å². The maximum Gasteiger partial charge on any atom is 0.240 e. The summed E-state index contributed by atoms with van der Waals surface area (Å²) in [6.07, 6.45) is 4.55. The number of carbonyl (C=O) groups is 1. The molecule has 6 nitrogen and oxygen atoms in total. The Morgan fingerprint density at radius 2 is 2.15 bits per heavy atom. The van der Waals surface area contributed by atoms with Crippen LogP contribution in [0.3, 0.4) is 0 Å². The lowest BCUT2D eigenvalue weighted by atomic mass is 10.0. The van der Waals surface area contributed by atoms with Crippen molar-refractivity contribution in [2.75, 3.05) is 27.2 Å². The van der Waals surface area contributed by atoms with Crippen LogP contribution in [0.4, 0.5) is 0 Å². The van der Waals surface area contributed by atoms with Crippen LogP contribution >= 0.6 is 0 Å². The Labute approximate surface area is 119 Å². The zero-order valence-electron chi connectivity index (χ0n) is 12.2. The molecule has 0 bridgehead atoms. The Morgan fingerprint density at radius 3 is 2.85 bits per heavy atom. The van der Waals surface area contributed by atoms with Gasteiger partial charge in [0.25, 0.3) is 0 Å². The second kappa shape index (κ2) is 5.54. The number of H-pyrrole nitrogens is 1. The first-order valence-electron chi connectivity index (χ1n) is 7.35. The van der Waals surface area contributed by atoms with Crippen LogP contribution in [0.15, 0.2) is 6.33 Å². The van der Waals surface area contributed by atoms with Crippen molar-refractivity contribution in [3.8, 4) is 0 Å². The molecule has 0 saturated carbocycles. The number of amides is 1. The van der Waals surface area contributed by atoms with Crippen molar-refractivity contribution in [3.63, 3.8) is 0 Å². The second-order valence-corrected chi connectivity index (χ2v) is 5.99. The number of carbonyl (C=O) groups excluding carboxylic acids is 1. The van der Waals surface area contributed by atoms with Gasteiger partial charge in [-0.05, 0) is 26.9 Å². The monoisotopic (exact) mass is 277 g/mol. The number of nitrogens with one attached hydrogen (secondary N) is 2. The van der Waals surface area contributed by atoms with E-state index in [1.807, 2.05) is 4.90 Å². The predicted molar refractivity (Wildman–Crippen MR) is 76.2 cm³/mol. The fraction of sp³-hybridized carbons (Fsp3) is 0.714. The molecular weight excluding hydrogens is 254 g/mol. The molecule has 0 spiro atoms. The predicted octanol–water partition coefficient (Wildman–Crippen LogP) is -0.0234. The van der Waals surface area contributed by atoms with Crippen LogP contribution in [0.2, 0.25) is 0 Å². The lowest BCUT2D eigenvalue weighted by molar-refractivity contribution is -0.135. The highest BCUT2D eigenvalue weighted by molar-refractivity contribution is 5.82. The highest BCUT2D eigenvalue weighted by atomic mass is 16.2. The molecule has 2 aliphatic heterocycles. The normalized spacial score (nSPS) is 23.9. The van der Waals surface area contributed by atoms with Crippen LogP contribution in [0, 0.1) is 0 Å². The van der Waals surface area contributed by atoms with Gasteiger partial charge in [-0.25, -0.2) is 4.98 Å². The largest absolute Gasteiger partial charge is 0.347 e. The minimum absolute atomic E-state index is 0.110. The van der Waals surface area contributed by atoms with E-state index in [1.54, 1.807) is 6.33 Å². The van der Waals surface area contributed by atoms with Crippen molar-refractivity contribution in [3.05, 3.63) is 17.7 Å². The van der Waals surface area contributed by atoms with E-state index in [0.717, 1.165) is 37.3 Å². The topological polar surface area (TPSA) is 64.3 Å². The minimum Gasteiger partial charge on any atom is -0.347 e.